The highest BCUT2D eigenvalue weighted by atomic mass is 32.2. The average Bonchev–Trinajstić information content (AvgIpc) is 2.47. The van der Waals surface area contributed by atoms with Crippen molar-refractivity contribution in [3.63, 3.8) is 0 Å². The summed E-state index contributed by atoms with van der Waals surface area (Å²) in [6, 6.07) is 0. The Labute approximate surface area is 127 Å². The highest BCUT2D eigenvalue weighted by Gasteiger charge is 2.46. The fourth-order valence-electron chi connectivity index (χ4n) is 4.25. The van der Waals surface area contributed by atoms with Gasteiger partial charge < -0.3 is 10.2 Å². The highest BCUT2D eigenvalue weighted by molar-refractivity contribution is 7.92. The van der Waals surface area contributed by atoms with E-state index in [2.05, 4.69) is 5.32 Å². The molecule has 0 aromatic carbocycles. The van der Waals surface area contributed by atoms with E-state index < -0.39 is 15.1 Å². The van der Waals surface area contributed by atoms with Gasteiger partial charge in [0.05, 0.1) is 11.3 Å². The Hall–Kier alpha value is -0.620. The molecule has 0 aromatic heterocycles. The summed E-state index contributed by atoms with van der Waals surface area (Å²) in [5.41, 5.74) is -0.124. The molecule has 6 heteroatoms. The summed E-state index contributed by atoms with van der Waals surface area (Å²) in [6.07, 6.45) is 7.61. The van der Waals surface area contributed by atoms with Crippen LogP contribution in [-0.2, 0) is 14.6 Å². The SMILES string of the molecule is O=C(C1CCCCS1(=O)=O)N1CCNCC12CCCCC2. The van der Waals surface area contributed by atoms with Crippen LogP contribution in [0.4, 0.5) is 0 Å². The zero-order chi connectivity index (χ0) is 14.9. The molecule has 0 radical (unpaired) electrons. The quantitative estimate of drug-likeness (QED) is 0.787. The summed E-state index contributed by atoms with van der Waals surface area (Å²) in [7, 11) is -3.24. The number of hydrogen-bond donors (Lipinski definition) is 1. The summed E-state index contributed by atoms with van der Waals surface area (Å²) in [5.74, 6) is 0.0702. The maximum Gasteiger partial charge on any atom is 0.241 e. The van der Waals surface area contributed by atoms with E-state index in [9.17, 15) is 13.2 Å². The van der Waals surface area contributed by atoms with Gasteiger partial charge in [0.25, 0.3) is 0 Å². The van der Waals surface area contributed by atoms with Gasteiger partial charge in [-0.05, 0) is 25.7 Å². The maximum atomic E-state index is 13.0. The van der Waals surface area contributed by atoms with E-state index in [0.717, 1.165) is 45.2 Å². The first-order valence-electron chi connectivity index (χ1n) is 8.29. The van der Waals surface area contributed by atoms with Crippen LogP contribution in [0.1, 0.15) is 51.4 Å². The number of piperazine rings is 1. The second-order valence-corrected chi connectivity index (χ2v) is 9.11. The summed E-state index contributed by atoms with van der Waals surface area (Å²) in [5, 5.41) is 2.64. The van der Waals surface area contributed by atoms with Crippen LogP contribution in [0.15, 0.2) is 0 Å². The number of carbonyl (C=O) groups excluding carboxylic acids is 1. The largest absolute Gasteiger partial charge is 0.333 e. The van der Waals surface area contributed by atoms with Crippen LogP contribution < -0.4 is 5.32 Å². The number of hydrogen-bond acceptors (Lipinski definition) is 4. The van der Waals surface area contributed by atoms with Crippen molar-refractivity contribution in [2.24, 2.45) is 0 Å². The van der Waals surface area contributed by atoms with Crippen LogP contribution in [-0.4, -0.2) is 55.4 Å². The van der Waals surface area contributed by atoms with Crippen molar-refractivity contribution in [1.29, 1.82) is 0 Å². The number of nitrogens with zero attached hydrogens (tertiary/aromatic N) is 1. The van der Waals surface area contributed by atoms with Crippen molar-refractivity contribution in [1.82, 2.24) is 10.2 Å². The molecular weight excluding hydrogens is 288 g/mol. The zero-order valence-electron chi connectivity index (χ0n) is 12.6. The molecule has 3 aliphatic rings. The Morgan fingerprint density at radius 2 is 1.86 bits per heavy atom. The maximum absolute atomic E-state index is 13.0. The Kier molecular flexibility index (Phi) is 4.28. The number of amides is 1. The molecule has 1 aliphatic carbocycles. The summed E-state index contributed by atoms with van der Waals surface area (Å²) in [4.78, 5) is 14.9. The Morgan fingerprint density at radius 3 is 2.57 bits per heavy atom. The monoisotopic (exact) mass is 314 g/mol. The third kappa shape index (κ3) is 2.84. The van der Waals surface area contributed by atoms with Crippen LogP contribution in [0.3, 0.4) is 0 Å². The molecule has 1 unspecified atom stereocenters. The molecule has 3 fully saturated rings. The molecule has 2 saturated heterocycles. The van der Waals surface area contributed by atoms with Gasteiger partial charge in [-0.2, -0.15) is 0 Å². The van der Waals surface area contributed by atoms with Gasteiger partial charge in [-0.1, -0.05) is 25.7 Å². The Balaban J connectivity index is 1.84. The lowest BCUT2D eigenvalue weighted by molar-refractivity contribution is -0.140. The minimum Gasteiger partial charge on any atom is -0.333 e. The molecule has 1 spiro atoms. The van der Waals surface area contributed by atoms with E-state index in [1.165, 1.54) is 6.42 Å². The van der Waals surface area contributed by atoms with Gasteiger partial charge in [0, 0.05) is 19.6 Å². The van der Waals surface area contributed by atoms with Gasteiger partial charge >= 0.3 is 0 Å². The van der Waals surface area contributed by atoms with E-state index >= 15 is 0 Å². The third-order valence-electron chi connectivity index (χ3n) is 5.44. The molecule has 1 amide bonds. The minimum absolute atomic E-state index is 0.113. The lowest BCUT2D eigenvalue weighted by Crippen LogP contribution is -2.66. The molecule has 3 rings (SSSR count). The van der Waals surface area contributed by atoms with Gasteiger partial charge in [0.15, 0.2) is 9.84 Å². The summed E-state index contributed by atoms with van der Waals surface area (Å²) < 4.78 is 24.5. The molecule has 0 bridgehead atoms. The van der Waals surface area contributed by atoms with Gasteiger partial charge in [-0.15, -0.1) is 0 Å². The van der Waals surface area contributed by atoms with E-state index in [1.807, 2.05) is 4.90 Å². The number of nitrogens with one attached hydrogen (secondary N) is 1. The van der Waals surface area contributed by atoms with Crippen LogP contribution in [0.25, 0.3) is 0 Å². The first-order valence-corrected chi connectivity index (χ1v) is 10.0. The molecular formula is C15H26N2O3S. The van der Waals surface area contributed by atoms with Gasteiger partial charge in [-0.3, -0.25) is 4.79 Å². The molecule has 120 valence electrons. The second-order valence-electron chi connectivity index (χ2n) is 6.80. The molecule has 1 saturated carbocycles. The first-order chi connectivity index (χ1) is 10.1. The van der Waals surface area contributed by atoms with Crippen molar-refractivity contribution in [2.45, 2.75) is 62.2 Å². The van der Waals surface area contributed by atoms with Gasteiger partial charge in [0.1, 0.15) is 5.25 Å². The van der Waals surface area contributed by atoms with Crippen LogP contribution in [0, 0.1) is 0 Å². The summed E-state index contributed by atoms with van der Waals surface area (Å²) in [6.45, 7) is 2.26. The Morgan fingerprint density at radius 1 is 1.10 bits per heavy atom. The van der Waals surface area contributed by atoms with E-state index in [-0.39, 0.29) is 17.2 Å². The van der Waals surface area contributed by atoms with E-state index in [0.29, 0.717) is 19.4 Å². The third-order valence-corrected chi connectivity index (χ3v) is 7.61. The standard InChI is InChI=1S/C15H26N2O3S/c18-14(13-6-2-5-11-21(13,19)20)17-10-9-16-12-15(17)7-3-1-4-8-15/h13,16H,1-12H2. The van der Waals surface area contributed by atoms with Gasteiger partial charge in [0.2, 0.25) is 5.91 Å². The van der Waals surface area contributed by atoms with Crippen molar-refractivity contribution in [2.75, 3.05) is 25.4 Å². The van der Waals surface area contributed by atoms with E-state index in [4.69, 9.17) is 0 Å². The van der Waals surface area contributed by atoms with Gasteiger partial charge in [-0.25, -0.2) is 8.42 Å². The van der Waals surface area contributed by atoms with Crippen LogP contribution in [0.2, 0.25) is 0 Å². The molecule has 2 aliphatic heterocycles. The van der Waals surface area contributed by atoms with Crippen molar-refractivity contribution in [3.05, 3.63) is 0 Å². The van der Waals surface area contributed by atoms with Crippen molar-refractivity contribution < 1.29 is 13.2 Å². The zero-order valence-corrected chi connectivity index (χ0v) is 13.5. The lowest BCUT2D eigenvalue weighted by Gasteiger charge is -2.50. The highest BCUT2D eigenvalue weighted by Crippen LogP contribution is 2.36. The molecule has 1 atom stereocenters. The predicted octanol–water partition coefficient (Wildman–Crippen LogP) is 1.09. The molecule has 21 heavy (non-hydrogen) atoms. The number of rotatable bonds is 1. The Bertz CT molecular complexity index is 489. The summed E-state index contributed by atoms with van der Waals surface area (Å²) >= 11 is 0. The fraction of sp³-hybridized carbons (Fsp3) is 0.933. The molecule has 5 nitrogen and oxygen atoms in total. The van der Waals surface area contributed by atoms with Crippen LogP contribution in [0.5, 0.6) is 0 Å². The number of sulfone groups is 1. The van der Waals surface area contributed by atoms with Crippen molar-refractivity contribution >= 4 is 15.7 Å². The second kappa shape index (κ2) is 5.88. The average molecular weight is 314 g/mol. The smallest absolute Gasteiger partial charge is 0.241 e. The minimum atomic E-state index is -3.24. The predicted molar refractivity (Wildman–Crippen MR) is 81.8 cm³/mol. The van der Waals surface area contributed by atoms with Crippen LogP contribution >= 0.6 is 0 Å². The normalized spacial score (nSPS) is 32.0. The topological polar surface area (TPSA) is 66.5 Å². The van der Waals surface area contributed by atoms with Crippen molar-refractivity contribution in [3.8, 4) is 0 Å². The number of carbonyl (C=O) groups is 1. The first kappa shape index (κ1) is 15.3. The molecule has 2 heterocycles. The molecule has 1 N–H and O–H groups in total. The molecule has 0 aromatic rings. The lowest BCUT2D eigenvalue weighted by atomic mass is 9.78. The fourth-order valence-corrected chi connectivity index (χ4v) is 6.10. The van der Waals surface area contributed by atoms with E-state index in [1.54, 1.807) is 0 Å².